The number of hydrogen-bond donors (Lipinski definition) is 0. The van der Waals surface area contributed by atoms with Gasteiger partial charge in [0.2, 0.25) is 0 Å². The fourth-order valence-electron chi connectivity index (χ4n) is 0.629. The van der Waals surface area contributed by atoms with Crippen LogP contribution >= 0.6 is 0 Å². The van der Waals surface area contributed by atoms with Crippen LogP contribution in [0.15, 0.2) is 10.3 Å². The van der Waals surface area contributed by atoms with Gasteiger partial charge in [0, 0.05) is 26.3 Å². The van der Waals surface area contributed by atoms with Crippen molar-refractivity contribution in [1.29, 1.82) is 0 Å². The molecule has 0 bridgehead atoms. The summed E-state index contributed by atoms with van der Waals surface area (Å²) in [6, 6.07) is 0. The summed E-state index contributed by atoms with van der Waals surface area (Å²) in [6.45, 7) is 2.56. The van der Waals surface area contributed by atoms with Gasteiger partial charge >= 0.3 is 11.9 Å². The predicted octanol–water partition coefficient (Wildman–Crippen LogP) is 1.25. The monoisotopic (exact) mass is 214 g/mol. The second kappa shape index (κ2) is 8.86. The topological polar surface area (TPSA) is 77.3 Å². The van der Waals surface area contributed by atoms with Gasteiger partial charge in [-0.15, -0.1) is 0 Å². The van der Waals surface area contributed by atoms with Crippen LogP contribution in [0.2, 0.25) is 0 Å². The molecule has 0 radical (unpaired) electrons. The van der Waals surface area contributed by atoms with Crippen LogP contribution in [-0.2, 0) is 19.3 Å². The minimum atomic E-state index is -0.442. The number of hydrogen-bond acceptors (Lipinski definition) is 6. The first kappa shape index (κ1) is 13.3. The third-order valence-electron chi connectivity index (χ3n) is 1.18. The summed E-state index contributed by atoms with van der Waals surface area (Å²) in [7, 11) is 0. The Kier molecular flexibility index (Phi) is 7.84. The van der Waals surface area contributed by atoms with E-state index in [0.717, 1.165) is 6.42 Å². The van der Waals surface area contributed by atoms with E-state index in [1.54, 1.807) is 0 Å². The van der Waals surface area contributed by atoms with Gasteiger partial charge in [0.05, 0.1) is 0 Å². The Labute approximate surface area is 87.9 Å². The standard InChI is InChI=1S/C9H14N2O4/c1-8(12)14-10-6-4-3-5-7-11-15-9(2)13/h6-7H,3-5H2,1-2H3. The minimum absolute atomic E-state index is 0.442. The third kappa shape index (κ3) is 12.3. The average molecular weight is 214 g/mol. The SMILES string of the molecule is CC(=O)ON=CCCCC=NOC(C)=O. The van der Waals surface area contributed by atoms with E-state index in [4.69, 9.17) is 0 Å². The van der Waals surface area contributed by atoms with Crippen LogP contribution in [0.3, 0.4) is 0 Å². The summed E-state index contributed by atoms with van der Waals surface area (Å²) in [5.74, 6) is -0.884. The molecule has 0 N–H and O–H groups in total. The number of nitrogens with zero attached hydrogens (tertiary/aromatic N) is 2. The van der Waals surface area contributed by atoms with E-state index < -0.39 is 11.9 Å². The van der Waals surface area contributed by atoms with E-state index in [2.05, 4.69) is 20.0 Å². The highest BCUT2D eigenvalue weighted by Gasteiger charge is 1.88. The fraction of sp³-hybridized carbons (Fsp3) is 0.556. The molecule has 0 heterocycles. The molecule has 0 unspecified atom stereocenters. The molecule has 6 nitrogen and oxygen atoms in total. The van der Waals surface area contributed by atoms with E-state index in [9.17, 15) is 9.59 Å². The Morgan fingerprint density at radius 3 is 1.73 bits per heavy atom. The normalized spacial score (nSPS) is 10.8. The van der Waals surface area contributed by atoms with E-state index >= 15 is 0 Å². The molecule has 0 fully saturated rings. The van der Waals surface area contributed by atoms with Gasteiger partial charge in [-0.2, -0.15) is 0 Å². The number of unbranched alkanes of at least 4 members (excludes halogenated alkanes) is 2. The smallest absolute Gasteiger partial charge is 0.319 e. The molecule has 0 aliphatic heterocycles. The minimum Gasteiger partial charge on any atom is -0.319 e. The molecule has 0 aliphatic carbocycles. The van der Waals surface area contributed by atoms with Crippen molar-refractivity contribution in [2.24, 2.45) is 10.3 Å². The molecule has 6 heteroatoms. The molecule has 0 aromatic heterocycles. The van der Waals surface area contributed by atoms with Gasteiger partial charge in [0.25, 0.3) is 0 Å². The Morgan fingerprint density at radius 1 is 1.00 bits per heavy atom. The second-order valence-electron chi connectivity index (χ2n) is 2.67. The average Bonchev–Trinajstić information content (AvgIpc) is 2.14. The highest BCUT2D eigenvalue weighted by molar-refractivity contribution is 5.68. The molecule has 0 aliphatic rings. The van der Waals surface area contributed by atoms with Crippen molar-refractivity contribution in [3.05, 3.63) is 0 Å². The molecule has 0 spiro atoms. The molecule has 84 valence electrons. The third-order valence-corrected chi connectivity index (χ3v) is 1.18. The molecule has 0 atom stereocenters. The summed E-state index contributed by atoms with van der Waals surface area (Å²) in [5, 5.41) is 6.82. The number of carbonyl (C=O) groups is 2. The summed E-state index contributed by atoms with van der Waals surface area (Å²) >= 11 is 0. The Morgan fingerprint density at radius 2 is 1.40 bits per heavy atom. The number of rotatable bonds is 6. The van der Waals surface area contributed by atoms with Crippen molar-refractivity contribution in [3.63, 3.8) is 0 Å². The molecular formula is C9H14N2O4. The van der Waals surface area contributed by atoms with Crippen molar-refractivity contribution >= 4 is 24.4 Å². The van der Waals surface area contributed by atoms with Gasteiger partial charge in [0.1, 0.15) is 0 Å². The van der Waals surface area contributed by atoms with Crippen LogP contribution in [0, 0.1) is 0 Å². The summed E-state index contributed by atoms with van der Waals surface area (Å²) < 4.78 is 0. The van der Waals surface area contributed by atoms with Crippen molar-refractivity contribution in [2.75, 3.05) is 0 Å². The molecular weight excluding hydrogens is 200 g/mol. The zero-order valence-electron chi connectivity index (χ0n) is 8.80. The first-order valence-electron chi connectivity index (χ1n) is 4.51. The van der Waals surface area contributed by atoms with Gasteiger partial charge in [-0.3, -0.25) is 0 Å². The van der Waals surface area contributed by atoms with E-state index in [1.807, 2.05) is 0 Å². The zero-order chi connectivity index (χ0) is 11.5. The highest BCUT2D eigenvalue weighted by atomic mass is 16.7. The molecule has 0 saturated heterocycles. The first-order valence-corrected chi connectivity index (χ1v) is 4.51. The lowest BCUT2D eigenvalue weighted by Gasteiger charge is -1.91. The largest absolute Gasteiger partial charge is 0.331 e. The van der Waals surface area contributed by atoms with Gasteiger partial charge in [-0.25, -0.2) is 9.59 Å². The molecule has 0 aromatic carbocycles. The van der Waals surface area contributed by atoms with E-state index in [1.165, 1.54) is 26.3 Å². The first-order chi connectivity index (χ1) is 7.13. The van der Waals surface area contributed by atoms with Crippen molar-refractivity contribution < 1.29 is 19.3 Å². The Hall–Kier alpha value is -1.72. The summed E-state index contributed by atoms with van der Waals surface area (Å²) in [4.78, 5) is 29.2. The van der Waals surface area contributed by atoms with Crippen LogP contribution < -0.4 is 0 Å². The summed E-state index contributed by atoms with van der Waals surface area (Å²) in [5.41, 5.74) is 0. The van der Waals surface area contributed by atoms with E-state index in [0.29, 0.717) is 12.8 Å². The zero-order valence-corrected chi connectivity index (χ0v) is 8.80. The van der Waals surface area contributed by atoms with Crippen LogP contribution in [-0.4, -0.2) is 24.4 Å². The molecule has 0 saturated carbocycles. The van der Waals surface area contributed by atoms with Crippen LogP contribution in [0.25, 0.3) is 0 Å². The molecule has 15 heavy (non-hydrogen) atoms. The maximum atomic E-state index is 10.3. The van der Waals surface area contributed by atoms with Crippen LogP contribution in [0.5, 0.6) is 0 Å². The second-order valence-corrected chi connectivity index (χ2v) is 2.67. The lowest BCUT2D eigenvalue weighted by molar-refractivity contribution is -0.141. The highest BCUT2D eigenvalue weighted by Crippen LogP contribution is 1.91. The molecule has 0 aromatic rings. The van der Waals surface area contributed by atoms with Gasteiger partial charge in [-0.05, 0) is 19.3 Å². The molecule has 0 rings (SSSR count). The van der Waals surface area contributed by atoms with Crippen molar-refractivity contribution in [2.45, 2.75) is 33.1 Å². The maximum absolute atomic E-state index is 10.3. The van der Waals surface area contributed by atoms with E-state index in [-0.39, 0.29) is 0 Å². The van der Waals surface area contributed by atoms with Crippen LogP contribution in [0.1, 0.15) is 33.1 Å². The van der Waals surface area contributed by atoms with Gasteiger partial charge in [0.15, 0.2) is 0 Å². The lowest BCUT2D eigenvalue weighted by Crippen LogP contribution is -1.92. The lowest BCUT2D eigenvalue weighted by atomic mass is 10.3. The Balaban J connectivity index is 3.31. The Bertz CT molecular complexity index is 235. The number of oxime groups is 2. The predicted molar refractivity (Wildman–Crippen MR) is 54.4 cm³/mol. The molecule has 0 amide bonds. The van der Waals surface area contributed by atoms with Crippen LogP contribution in [0.4, 0.5) is 0 Å². The maximum Gasteiger partial charge on any atom is 0.331 e. The quantitative estimate of drug-likeness (QED) is 0.288. The van der Waals surface area contributed by atoms with Gasteiger partial charge in [-0.1, -0.05) is 10.3 Å². The summed E-state index contributed by atoms with van der Waals surface area (Å²) in [6.07, 6.45) is 5.12. The number of carbonyl (C=O) groups excluding carboxylic acids is 2. The fourth-order valence-corrected chi connectivity index (χ4v) is 0.629. The van der Waals surface area contributed by atoms with Gasteiger partial charge < -0.3 is 9.68 Å². The van der Waals surface area contributed by atoms with Crippen molar-refractivity contribution in [3.8, 4) is 0 Å². The van der Waals surface area contributed by atoms with Crippen molar-refractivity contribution in [1.82, 2.24) is 0 Å².